The van der Waals surface area contributed by atoms with Gasteiger partial charge in [0.05, 0.1) is 17.1 Å². The Morgan fingerprint density at radius 3 is 2.42 bits per heavy atom. The molecule has 0 spiro atoms. The summed E-state index contributed by atoms with van der Waals surface area (Å²) >= 11 is 0. The Balaban J connectivity index is 2.24. The fourth-order valence-corrected chi connectivity index (χ4v) is 2.54. The summed E-state index contributed by atoms with van der Waals surface area (Å²) in [6, 6.07) is 6.91. The van der Waals surface area contributed by atoms with Crippen LogP contribution < -0.4 is 5.32 Å². The number of nitrogens with zero attached hydrogens (tertiary/aromatic N) is 2. The van der Waals surface area contributed by atoms with Gasteiger partial charge in [-0.1, -0.05) is 12.1 Å². The van der Waals surface area contributed by atoms with Gasteiger partial charge in [0.2, 0.25) is 5.95 Å². The average molecular weight is 279 g/mol. The highest BCUT2D eigenvalue weighted by Crippen LogP contribution is 2.14. The first kappa shape index (κ1) is 13.6. The van der Waals surface area contributed by atoms with Crippen LogP contribution in [0.15, 0.2) is 35.4 Å². The van der Waals surface area contributed by atoms with E-state index < -0.39 is 9.84 Å². The maximum Gasteiger partial charge on any atom is 0.203 e. The predicted octanol–water partition coefficient (Wildman–Crippen LogP) is 1.69. The summed E-state index contributed by atoms with van der Waals surface area (Å²) in [5.41, 5.74) is 1.97. The van der Waals surface area contributed by atoms with E-state index in [2.05, 4.69) is 10.3 Å². The van der Waals surface area contributed by atoms with Gasteiger partial charge in [-0.2, -0.15) is 0 Å². The van der Waals surface area contributed by atoms with Gasteiger partial charge in [0.15, 0.2) is 9.84 Å². The van der Waals surface area contributed by atoms with Gasteiger partial charge in [0.25, 0.3) is 0 Å². The Labute approximate surface area is 113 Å². The number of benzene rings is 1. The molecule has 0 saturated heterocycles. The van der Waals surface area contributed by atoms with E-state index in [0.29, 0.717) is 11.4 Å². The van der Waals surface area contributed by atoms with Crippen molar-refractivity contribution in [1.82, 2.24) is 9.55 Å². The van der Waals surface area contributed by atoms with Gasteiger partial charge in [0, 0.05) is 19.5 Å². The molecule has 0 fully saturated rings. The lowest BCUT2D eigenvalue weighted by Gasteiger charge is -2.07. The summed E-state index contributed by atoms with van der Waals surface area (Å²) < 4.78 is 24.8. The minimum atomic E-state index is -3.13. The Kier molecular flexibility index (Phi) is 3.61. The van der Waals surface area contributed by atoms with Gasteiger partial charge in [-0.05, 0) is 24.6 Å². The van der Waals surface area contributed by atoms with Crippen molar-refractivity contribution in [3.8, 4) is 0 Å². The number of imidazole rings is 1. The first-order valence-electron chi connectivity index (χ1n) is 5.90. The van der Waals surface area contributed by atoms with Crippen LogP contribution in [0.1, 0.15) is 11.3 Å². The van der Waals surface area contributed by atoms with Crippen LogP contribution in [0.2, 0.25) is 0 Å². The Morgan fingerprint density at radius 1 is 1.26 bits per heavy atom. The summed E-state index contributed by atoms with van der Waals surface area (Å²) in [4.78, 5) is 4.68. The zero-order chi connectivity index (χ0) is 14.0. The van der Waals surface area contributed by atoms with Crippen molar-refractivity contribution in [2.24, 2.45) is 0 Å². The van der Waals surface area contributed by atoms with Crippen LogP contribution in [0, 0.1) is 6.92 Å². The largest absolute Gasteiger partial charge is 0.359 e. The van der Waals surface area contributed by atoms with E-state index in [1.165, 1.54) is 6.26 Å². The van der Waals surface area contributed by atoms with Crippen LogP contribution in [0.5, 0.6) is 0 Å². The molecular weight excluding hydrogens is 262 g/mol. The van der Waals surface area contributed by atoms with E-state index >= 15 is 0 Å². The maximum absolute atomic E-state index is 11.4. The molecule has 0 amide bonds. The number of hydrogen-bond donors (Lipinski definition) is 1. The van der Waals surface area contributed by atoms with Crippen LogP contribution in [0.25, 0.3) is 0 Å². The number of aromatic nitrogens is 2. The Morgan fingerprint density at radius 2 is 1.89 bits per heavy atom. The van der Waals surface area contributed by atoms with Crippen molar-refractivity contribution in [3.05, 3.63) is 41.7 Å². The zero-order valence-corrected chi connectivity index (χ0v) is 12.0. The summed E-state index contributed by atoms with van der Waals surface area (Å²) in [7, 11) is -1.31. The topological polar surface area (TPSA) is 64.0 Å². The monoisotopic (exact) mass is 279 g/mol. The molecule has 19 heavy (non-hydrogen) atoms. The molecule has 0 saturated carbocycles. The third kappa shape index (κ3) is 3.14. The lowest BCUT2D eigenvalue weighted by molar-refractivity contribution is 0.602. The third-order valence-corrected chi connectivity index (χ3v) is 3.95. The highest BCUT2D eigenvalue weighted by atomic mass is 32.2. The molecule has 2 rings (SSSR count). The highest BCUT2D eigenvalue weighted by molar-refractivity contribution is 7.90. The smallest absolute Gasteiger partial charge is 0.203 e. The second-order valence-corrected chi connectivity index (χ2v) is 6.52. The van der Waals surface area contributed by atoms with Crippen LogP contribution in [0.4, 0.5) is 5.95 Å². The van der Waals surface area contributed by atoms with Gasteiger partial charge in [-0.25, -0.2) is 13.4 Å². The molecule has 0 atom stereocenters. The quantitative estimate of drug-likeness (QED) is 0.925. The molecule has 0 aliphatic heterocycles. The Bertz CT molecular complexity index is 672. The van der Waals surface area contributed by atoms with Crippen molar-refractivity contribution >= 4 is 15.8 Å². The molecule has 0 radical (unpaired) electrons. The molecule has 5 nitrogen and oxygen atoms in total. The molecule has 102 valence electrons. The molecule has 1 heterocycles. The molecule has 0 unspecified atom stereocenters. The molecule has 2 aromatic rings. The summed E-state index contributed by atoms with van der Waals surface area (Å²) in [5, 5.41) is 3.03. The molecule has 1 N–H and O–H groups in total. The van der Waals surface area contributed by atoms with E-state index in [4.69, 9.17) is 0 Å². The second kappa shape index (κ2) is 5.05. The Hall–Kier alpha value is -1.82. The summed E-state index contributed by atoms with van der Waals surface area (Å²) in [6.45, 7) is 2.59. The van der Waals surface area contributed by atoms with Crippen LogP contribution in [0.3, 0.4) is 0 Å². The van der Waals surface area contributed by atoms with E-state index in [1.54, 1.807) is 12.1 Å². The minimum Gasteiger partial charge on any atom is -0.359 e. The molecule has 0 bridgehead atoms. The molecule has 6 heteroatoms. The molecule has 0 aliphatic rings. The first-order valence-corrected chi connectivity index (χ1v) is 7.80. The van der Waals surface area contributed by atoms with Crippen molar-refractivity contribution < 1.29 is 8.42 Å². The van der Waals surface area contributed by atoms with E-state index in [1.807, 2.05) is 36.9 Å². The fraction of sp³-hybridized carbons (Fsp3) is 0.308. The maximum atomic E-state index is 11.4. The van der Waals surface area contributed by atoms with Crippen LogP contribution in [-0.2, 0) is 16.4 Å². The number of rotatable bonds is 4. The number of sulfone groups is 1. The van der Waals surface area contributed by atoms with Gasteiger partial charge in [0.1, 0.15) is 0 Å². The van der Waals surface area contributed by atoms with E-state index in [0.717, 1.165) is 17.2 Å². The fourth-order valence-electron chi connectivity index (χ4n) is 1.91. The van der Waals surface area contributed by atoms with E-state index in [9.17, 15) is 8.42 Å². The third-order valence-electron chi connectivity index (χ3n) is 2.83. The number of nitrogens with one attached hydrogen (secondary N) is 1. The molecule has 0 aliphatic carbocycles. The number of hydrogen-bond acceptors (Lipinski definition) is 4. The zero-order valence-electron chi connectivity index (χ0n) is 11.2. The lowest BCUT2D eigenvalue weighted by atomic mass is 10.2. The molecule has 1 aromatic carbocycles. The van der Waals surface area contributed by atoms with Gasteiger partial charge >= 0.3 is 0 Å². The predicted molar refractivity (Wildman–Crippen MR) is 75.2 cm³/mol. The molecular formula is C13H17N3O2S. The van der Waals surface area contributed by atoms with Gasteiger partial charge in [-0.3, -0.25) is 0 Å². The lowest BCUT2D eigenvalue weighted by Crippen LogP contribution is -2.04. The second-order valence-electron chi connectivity index (χ2n) is 4.50. The highest BCUT2D eigenvalue weighted by Gasteiger charge is 2.08. The van der Waals surface area contributed by atoms with Crippen LogP contribution in [-0.4, -0.2) is 31.3 Å². The van der Waals surface area contributed by atoms with Gasteiger partial charge in [-0.15, -0.1) is 0 Å². The number of aryl methyl sites for hydroxylation is 1. The van der Waals surface area contributed by atoms with E-state index in [-0.39, 0.29) is 0 Å². The SMILES string of the molecule is CNc1nc(C)cn1Cc1ccc(S(C)(=O)=O)cc1. The van der Waals surface area contributed by atoms with Crippen molar-refractivity contribution in [2.75, 3.05) is 18.6 Å². The number of anilines is 1. The first-order chi connectivity index (χ1) is 8.90. The minimum absolute atomic E-state index is 0.340. The van der Waals surface area contributed by atoms with Crippen molar-refractivity contribution in [1.29, 1.82) is 0 Å². The average Bonchev–Trinajstić information content (AvgIpc) is 2.69. The summed E-state index contributed by atoms with van der Waals surface area (Å²) in [6.07, 6.45) is 3.16. The standard InChI is InChI=1S/C13H17N3O2S/c1-10-8-16(13(14-2)15-10)9-11-4-6-12(7-5-11)19(3,17)18/h4-8H,9H2,1-3H3,(H,14,15). The van der Waals surface area contributed by atoms with Gasteiger partial charge < -0.3 is 9.88 Å². The summed E-state index contributed by atoms with van der Waals surface area (Å²) in [5.74, 6) is 0.796. The van der Waals surface area contributed by atoms with Crippen molar-refractivity contribution in [2.45, 2.75) is 18.4 Å². The normalized spacial score (nSPS) is 11.5. The molecule has 1 aromatic heterocycles. The van der Waals surface area contributed by atoms with Crippen LogP contribution >= 0.6 is 0 Å². The van der Waals surface area contributed by atoms with Crippen molar-refractivity contribution in [3.63, 3.8) is 0 Å².